The van der Waals surface area contributed by atoms with Crippen molar-refractivity contribution in [2.75, 3.05) is 13.2 Å². The Balaban J connectivity index is 2.05. The molecule has 0 aromatic heterocycles. The fourth-order valence-corrected chi connectivity index (χ4v) is 2.01. The Morgan fingerprint density at radius 1 is 1.00 bits per heavy atom. The standard InChI is InChI=1S/C13H26O5/c1-2-3-4-5-6-7-8-17-13-12(16)11(15)10(14)9-18-13/h10-16H,2-9H2,1H3/t10-,11+,12-,13+/m1/s1. The predicted molar refractivity (Wildman–Crippen MR) is 67.1 cm³/mol. The third-order valence-corrected chi connectivity index (χ3v) is 3.23. The average molecular weight is 262 g/mol. The lowest BCUT2D eigenvalue weighted by molar-refractivity contribution is -0.270. The van der Waals surface area contributed by atoms with E-state index in [1.54, 1.807) is 0 Å². The molecule has 5 heteroatoms. The van der Waals surface area contributed by atoms with Gasteiger partial charge in [-0.15, -0.1) is 0 Å². The van der Waals surface area contributed by atoms with E-state index in [1.165, 1.54) is 25.7 Å². The molecule has 1 fully saturated rings. The summed E-state index contributed by atoms with van der Waals surface area (Å²) in [6.45, 7) is 2.70. The summed E-state index contributed by atoms with van der Waals surface area (Å²) in [6.07, 6.45) is 2.78. The van der Waals surface area contributed by atoms with Gasteiger partial charge in [0, 0.05) is 6.61 Å². The number of aliphatic hydroxyl groups excluding tert-OH is 3. The maximum atomic E-state index is 9.62. The van der Waals surface area contributed by atoms with Gasteiger partial charge in [0.05, 0.1) is 6.61 Å². The van der Waals surface area contributed by atoms with Gasteiger partial charge in [0.25, 0.3) is 0 Å². The van der Waals surface area contributed by atoms with Gasteiger partial charge < -0.3 is 24.8 Å². The highest BCUT2D eigenvalue weighted by Gasteiger charge is 2.37. The minimum atomic E-state index is -1.19. The van der Waals surface area contributed by atoms with Crippen LogP contribution in [0.2, 0.25) is 0 Å². The highest BCUT2D eigenvalue weighted by Crippen LogP contribution is 2.17. The summed E-state index contributed by atoms with van der Waals surface area (Å²) < 4.78 is 10.5. The van der Waals surface area contributed by atoms with Crippen LogP contribution in [0.25, 0.3) is 0 Å². The Morgan fingerprint density at radius 3 is 2.39 bits per heavy atom. The smallest absolute Gasteiger partial charge is 0.186 e. The van der Waals surface area contributed by atoms with Crippen molar-refractivity contribution in [2.45, 2.75) is 70.1 Å². The first-order valence-electron chi connectivity index (χ1n) is 6.94. The molecule has 18 heavy (non-hydrogen) atoms. The lowest BCUT2D eigenvalue weighted by Crippen LogP contribution is -2.53. The normalized spacial score (nSPS) is 32.7. The molecule has 4 atom stereocenters. The Kier molecular flexibility index (Phi) is 7.77. The number of ether oxygens (including phenoxy) is 2. The van der Waals surface area contributed by atoms with Crippen molar-refractivity contribution in [1.29, 1.82) is 0 Å². The lowest BCUT2D eigenvalue weighted by atomic mass is 10.1. The maximum absolute atomic E-state index is 9.62. The van der Waals surface area contributed by atoms with E-state index in [0.717, 1.165) is 12.8 Å². The van der Waals surface area contributed by atoms with Crippen LogP contribution in [0.15, 0.2) is 0 Å². The van der Waals surface area contributed by atoms with E-state index in [9.17, 15) is 15.3 Å². The zero-order valence-electron chi connectivity index (χ0n) is 11.1. The zero-order chi connectivity index (χ0) is 13.4. The van der Waals surface area contributed by atoms with Gasteiger partial charge in [-0.2, -0.15) is 0 Å². The van der Waals surface area contributed by atoms with Crippen molar-refractivity contribution in [3.05, 3.63) is 0 Å². The zero-order valence-corrected chi connectivity index (χ0v) is 11.1. The van der Waals surface area contributed by atoms with Crippen molar-refractivity contribution >= 4 is 0 Å². The Labute approximate surface area is 109 Å². The molecule has 108 valence electrons. The van der Waals surface area contributed by atoms with E-state index in [1.807, 2.05) is 0 Å². The predicted octanol–water partition coefficient (Wildman–Crippen LogP) is 0.802. The fourth-order valence-electron chi connectivity index (χ4n) is 2.01. The van der Waals surface area contributed by atoms with E-state index in [0.29, 0.717) is 6.61 Å². The van der Waals surface area contributed by atoms with Gasteiger partial charge in [-0.25, -0.2) is 0 Å². The molecule has 0 bridgehead atoms. The summed E-state index contributed by atoms with van der Waals surface area (Å²) in [5.41, 5.74) is 0. The van der Waals surface area contributed by atoms with Crippen LogP contribution < -0.4 is 0 Å². The molecule has 0 radical (unpaired) electrons. The highest BCUT2D eigenvalue weighted by atomic mass is 16.7. The average Bonchev–Trinajstić information content (AvgIpc) is 2.37. The number of hydrogen-bond acceptors (Lipinski definition) is 5. The van der Waals surface area contributed by atoms with Gasteiger partial charge in [-0.3, -0.25) is 0 Å². The quantitative estimate of drug-likeness (QED) is 0.564. The highest BCUT2D eigenvalue weighted by molar-refractivity contribution is 4.82. The molecule has 0 aliphatic carbocycles. The van der Waals surface area contributed by atoms with Crippen LogP contribution in [0.4, 0.5) is 0 Å². The number of aliphatic hydroxyl groups is 3. The molecule has 5 nitrogen and oxygen atoms in total. The molecule has 3 N–H and O–H groups in total. The second-order valence-electron chi connectivity index (χ2n) is 4.89. The summed E-state index contributed by atoms with van der Waals surface area (Å²) in [5.74, 6) is 0. The van der Waals surface area contributed by atoms with Crippen LogP contribution in [0.5, 0.6) is 0 Å². The number of rotatable bonds is 8. The largest absolute Gasteiger partial charge is 0.388 e. The Hall–Kier alpha value is -0.200. The molecule has 0 spiro atoms. The summed E-state index contributed by atoms with van der Waals surface area (Å²) in [4.78, 5) is 0. The molecule has 0 saturated carbocycles. The molecular formula is C13H26O5. The third kappa shape index (κ3) is 5.20. The van der Waals surface area contributed by atoms with Crippen molar-refractivity contribution in [3.63, 3.8) is 0 Å². The van der Waals surface area contributed by atoms with Crippen molar-refractivity contribution in [3.8, 4) is 0 Å². The summed E-state index contributed by atoms with van der Waals surface area (Å²) in [6, 6.07) is 0. The Morgan fingerprint density at radius 2 is 1.67 bits per heavy atom. The van der Waals surface area contributed by atoms with Crippen LogP contribution in [0, 0.1) is 0 Å². The van der Waals surface area contributed by atoms with Crippen molar-refractivity contribution in [2.24, 2.45) is 0 Å². The number of hydrogen-bond donors (Lipinski definition) is 3. The van der Waals surface area contributed by atoms with Gasteiger partial charge >= 0.3 is 0 Å². The molecule has 0 aromatic rings. The van der Waals surface area contributed by atoms with Gasteiger partial charge in [0.15, 0.2) is 6.29 Å². The van der Waals surface area contributed by atoms with E-state index in [2.05, 4.69) is 6.92 Å². The Bertz CT molecular complexity index is 212. The second kappa shape index (κ2) is 8.82. The van der Waals surface area contributed by atoms with E-state index in [-0.39, 0.29) is 6.61 Å². The van der Waals surface area contributed by atoms with Crippen LogP contribution in [-0.2, 0) is 9.47 Å². The van der Waals surface area contributed by atoms with Crippen molar-refractivity contribution in [1.82, 2.24) is 0 Å². The van der Waals surface area contributed by atoms with Gasteiger partial charge in [0.1, 0.15) is 18.3 Å². The molecule has 1 heterocycles. The molecular weight excluding hydrogens is 236 g/mol. The molecule has 0 unspecified atom stereocenters. The SMILES string of the molecule is CCCCCCCCO[C@H]1OC[C@@H](O)[C@H](O)[C@H]1O. The maximum Gasteiger partial charge on any atom is 0.186 e. The van der Waals surface area contributed by atoms with Crippen molar-refractivity contribution < 1.29 is 24.8 Å². The van der Waals surface area contributed by atoms with Crippen LogP contribution in [0.3, 0.4) is 0 Å². The van der Waals surface area contributed by atoms with Gasteiger partial charge in [-0.1, -0.05) is 39.0 Å². The van der Waals surface area contributed by atoms with Gasteiger partial charge in [-0.05, 0) is 6.42 Å². The monoisotopic (exact) mass is 262 g/mol. The molecule has 1 aliphatic rings. The lowest BCUT2D eigenvalue weighted by Gasteiger charge is -2.34. The van der Waals surface area contributed by atoms with E-state index >= 15 is 0 Å². The molecule has 1 rings (SSSR count). The summed E-state index contributed by atoms with van der Waals surface area (Å²) in [5, 5.41) is 28.3. The molecule has 0 aromatic carbocycles. The number of unbranched alkanes of at least 4 members (excludes halogenated alkanes) is 5. The first kappa shape index (κ1) is 15.9. The first-order chi connectivity index (χ1) is 8.66. The van der Waals surface area contributed by atoms with Crippen LogP contribution in [-0.4, -0.2) is 53.1 Å². The van der Waals surface area contributed by atoms with Crippen LogP contribution in [0.1, 0.15) is 45.4 Å². The minimum Gasteiger partial charge on any atom is -0.388 e. The fraction of sp³-hybridized carbons (Fsp3) is 1.00. The molecule has 1 aliphatic heterocycles. The van der Waals surface area contributed by atoms with E-state index < -0.39 is 24.6 Å². The molecule has 0 amide bonds. The summed E-state index contributed by atoms with van der Waals surface area (Å²) in [7, 11) is 0. The topological polar surface area (TPSA) is 79.2 Å². The first-order valence-corrected chi connectivity index (χ1v) is 6.94. The van der Waals surface area contributed by atoms with Gasteiger partial charge in [0.2, 0.25) is 0 Å². The third-order valence-electron chi connectivity index (χ3n) is 3.23. The summed E-state index contributed by atoms with van der Waals surface area (Å²) >= 11 is 0. The van der Waals surface area contributed by atoms with Crippen LogP contribution >= 0.6 is 0 Å². The van der Waals surface area contributed by atoms with E-state index in [4.69, 9.17) is 9.47 Å². The minimum absolute atomic E-state index is 0.000602. The molecule has 1 saturated heterocycles. The second-order valence-corrected chi connectivity index (χ2v) is 4.89.